The van der Waals surface area contributed by atoms with E-state index in [0.29, 0.717) is 19.4 Å². The minimum atomic E-state index is -4.10. The van der Waals surface area contributed by atoms with Crippen LogP contribution in [0.4, 0.5) is 13.2 Å². The lowest BCUT2D eigenvalue weighted by molar-refractivity contribution is -0.182. The largest absolute Gasteiger partial charge is 0.391 e. The van der Waals surface area contributed by atoms with Gasteiger partial charge < -0.3 is 4.90 Å². The van der Waals surface area contributed by atoms with Crippen LogP contribution < -0.4 is 0 Å². The Morgan fingerprint density at radius 1 is 1.10 bits per heavy atom. The highest BCUT2D eigenvalue weighted by Gasteiger charge is 2.42. The van der Waals surface area contributed by atoms with Gasteiger partial charge in [-0.15, -0.1) is 0 Å². The van der Waals surface area contributed by atoms with Crippen LogP contribution >= 0.6 is 0 Å². The van der Waals surface area contributed by atoms with Gasteiger partial charge in [0.15, 0.2) is 5.65 Å². The van der Waals surface area contributed by atoms with Gasteiger partial charge in [-0.05, 0) is 51.5 Å². The highest BCUT2D eigenvalue weighted by molar-refractivity contribution is 5.73. The fourth-order valence-corrected chi connectivity index (χ4v) is 4.86. The van der Waals surface area contributed by atoms with E-state index in [2.05, 4.69) is 4.98 Å². The van der Waals surface area contributed by atoms with Gasteiger partial charge in [-0.1, -0.05) is 0 Å². The smallest absolute Gasteiger partial charge is 0.342 e. The predicted octanol–water partition coefficient (Wildman–Crippen LogP) is 4.60. The molecule has 0 bridgehead atoms. The van der Waals surface area contributed by atoms with Crippen LogP contribution in [-0.2, 0) is 4.79 Å². The molecule has 2 aromatic heterocycles. The number of hydrogen-bond donors (Lipinski definition) is 0. The van der Waals surface area contributed by atoms with E-state index in [1.54, 1.807) is 6.92 Å². The predicted molar refractivity (Wildman–Crippen MR) is 103 cm³/mol. The lowest BCUT2D eigenvalue weighted by Crippen LogP contribution is -2.38. The maximum absolute atomic E-state index is 13.0. The van der Waals surface area contributed by atoms with Crippen LogP contribution in [-0.4, -0.2) is 44.7 Å². The third-order valence-corrected chi connectivity index (χ3v) is 6.50. The number of amides is 1. The molecule has 1 saturated heterocycles. The first-order valence-corrected chi connectivity index (χ1v) is 10.4. The quantitative estimate of drug-likeness (QED) is 0.730. The molecule has 158 valence electrons. The van der Waals surface area contributed by atoms with Gasteiger partial charge in [0.25, 0.3) is 0 Å². The lowest BCUT2D eigenvalue weighted by Gasteiger charge is -2.32. The van der Waals surface area contributed by atoms with Crippen LogP contribution in [0.25, 0.3) is 5.65 Å². The molecule has 0 spiro atoms. The fourth-order valence-electron chi connectivity index (χ4n) is 4.86. The molecule has 8 heteroatoms. The van der Waals surface area contributed by atoms with Gasteiger partial charge in [0.2, 0.25) is 5.91 Å². The van der Waals surface area contributed by atoms with E-state index in [-0.39, 0.29) is 30.6 Å². The molecule has 0 aromatic carbocycles. The maximum Gasteiger partial charge on any atom is 0.391 e. The second-order valence-electron chi connectivity index (χ2n) is 8.56. The van der Waals surface area contributed by atoms with Crippen molar-refractivity contribution in [3.63, 3.8) is 0 Å². The number of likely N-dealkylation sites (tertiary alicyclic amines) is 1. The molecule has 5 nitrogen and oxygen atoms in total. The zero-order valence-corrected chi connectivity index (χ0v) is 16.9. The van der Waals surface area contributed by atoms with Crippen LogP contribution in [0.15, 0.2) is 12.1 Å². The number of carbonyl (C=O) groups excluding carboxylic acids is 1. The monoisotopic (exact) mass is 408 g/mol. The molecule has 1 saturated carbocycles. The van der Waals surface area contributed by atoms with Gasteiger partial charge in [-0.3, -0.25) is 4.79 Å². The van der Waals surface area contributed by atoms with Crippen LogP contribution in [0.3, 0.4) is 0 Å². The molecule has 1 atom stereocenters. The standard InChI is InChI=1S/C21H27F3N4O/c1-13-10-19(16-4-3-9-27(12-16)14(2)29)28-20(25-13)11-18(26-28)15-5-7-17(8-6-15)21(22,23)24/h10-11,15-17H,3-9,12H2,1-2H3/t15-,16-,17-/m0/s1. The van der Waals surface area contributed by atoms with Crippen LogP contribution in [0, 0.1) is 12.8 Å². The first kappa shape index (κ1) is 20.2. The number of aryl methyl sites for hydroxylation is 1. The molecule has 29 heavy (non-hydrogen) atoms. The summed E-state index contributed by atoms with van der Waals surface area (Å²) in [4.78, 5) is 18.3. The third-order valence-electron chi connectivity index (χ3n) is 6.50. The van der Waals surface area contributed by atoms with Gasteiger partial charge in [0.05, 0.1) is 17.3 Å². The van der Waals surface area contributed by atoms with Crippen molar-refractivity contribution < 1.29 is 18.0 Å². The number of piperidine rings is 1. The Kier molecular flexibility index (Phi) is 5.29. The first-order valence-electron chi connectivity index (χ1n) is 10.4. The molecule has 1 aliphatic carbocycles. The normalized spacial score (nSPS) is 26.1. The van der Waals surface area contributed by atoms with Gasteiger partial charge in [-0.25, -0.2) is 9.50 Å². The molecular formula is C21H27F3N4O. The summed E-state index contributed by atoms with van der Waals surface area (Å²) in [6.07, 6.45) is -0.834. The number of fused-ring (bicyclic) bond motifs is 1. The SMILES string of the molecule is CC(=O)N1CCC[C@H](c2cc(C)nc3cc([C@H]4CC[C@H](C(F)(F)F)CC4)nn23)C1. The van der Waals surface area contributed by atoms with Gasteiger partial charge >= 0.3 is 6.18 Å². The maximum atomic E-state index is 13.0. The fraction of sp³-hybridized carbons (Fsp3) is 0.667. The molecule has 0 unspecified atom stereocenters. The van der Waals surface area contributed by atoms with Crippen molar-refractivity contribution in [1.82, 2.24) is 19.5 Å². The summed E-state index contributed by atoms with van der Waals surface area (Å²) in [5.74, 6) is -0.875. The number of alkyl halides is 3. The van der Waals surface area contributed by atoms with Crippen molar-refractivity contribution in [2.24, 2.45) is 5.92 Å². The first-order chi connectivity index (χ1) is 13.7. The zero-order chi connectivity index (χ0) is 20.8. The van der Waals surface area contributed by atoms with Crippen molar-refractivity contribution in [2.75, 3.05) is 13.1 Å². The summed E-state index contributed by atoms with van der Waals surface area (Å²) in [5, 5.41) is 4.78. The van der Waals surface area contributed by atoms with Crippen LogP contribution in [0.1, 0.15) is 74.4 Å². The second kappa shape index (κ2) is 7.61. The summed E-state index contributed by atoms with van der Waals surface area (Å²) in [7, 11) is 0. The van der Waals surface area contributed by atoms with E-state index in [9.17, 15) is 18.0 Å². The summed E-state index contributed by atoms with van der Waals surface area (Å²) in [5.41, 5.74) is 3.51. The van der Waals surface area contributed by atoms with E-state index in [1.807, 2.05) is 28.5 Å². The van der Waals surface area contributed by atoms with Crippen molar-refractivity contribution in [3.8, 4) is 0 Å². The number of halogens is 3. The second-order valence-corrected chi connectivity index (χ2v) is 8.56. The Balaban J connectivity index is 1.60. The Labute approximate surface area is 168 Å². The third kappa shape index (κ3) is 4.12. The topological polar surface area (TPSA) is 50.5 Å². The molecule has 0 radical (unpaired) electrons. The molecule has 4 rings (SSSR count). The number of nitrogens with zero attached hydrogens (tertiary/aromatic N) is 4. The average molecular weight is 408 g/mol. The van der Waals surface area contributed by atoms with E-state index >= 15 is 0 Å². The van der Waals surface area contributed by atoms with E-state index in [4.69, 9.17) is 5.10 Å². The van der Waals surface area contributed by atoms with Crippen LogP contribution in [0.5, 0.6) is 0 Å². The Bertz CT molecular complexity index is 899. The molecule has 1 amide bonds. The number of aromatic nitrogens is 3. The van der Waals surface area contributed by atoms with E-state index in [1.165, 1.54) is 0 Å². The number of carbonyl (C=O) groups is 1. The average Bonchev–Trinajstić information content (AvgIpc) is 3.10. The van der Waals surface area contributed by atoms with E-state index in [0.717, 1.165) is 42.1 Å². The summed E-state index contributed by atoms with van der Waals surface area (Å²) in [6, 6.07) is 3.96. The molecule has 2 fully saturated rings. The Hall–Kier alpha value is -2.12. The highest BCUT2D eigenvalue weighted by atomic mass is 19.4. The Morgan fingerprint density at radius 2 is 1.83 bits per heavy atom. The molecule has 2 aliphatic rings. The van der Waals surface area contributed by atoms with Crippen molar-refractivity contribution in [1.29, 1.82) is 0 Å². The molecule has 0 N–H and O–H groups in total. The highest BCUT2D eigenvalue weighted by Crippen LogP contribution is 2.42. The minimum absolute atomic E-state index is 0.0449. The Morgan fingerprint density at radius 3 is 2.48 bits per heavy atom. The lowest BCUT2D eigenvalue weighted by atomic mass is 9.80. The van der Waals surface area contributed by atoms with Gasteiger partial charge in [0.1, 0.15) is 0 Å². The number of hydrogen-bond acceptors (Lipinski definition) is 3. The van der Waals surface area contributed by atoms with Crippen molar-refractivity contribution in [2.45, 2.75) is 70.4 Å². The van der Waals surface area contributed by atoms with E-state index < -0.39 is 12.1 Å². The molecule has 1 aliphatic heterocycles. The molecular weight excluding hydrogens is 381 g/mol. The summed E-state index contributed by atoms with van der Waals surface area (Å²) >= 11 is 0. The number of rotatable bonds is 2. The minimum Gasteiger partial charge on any atom is -0.342 e. The molecule has 3 heterocycles. The van der Waals surface area contributed by atoms with Crippen LogP contribution in [0.2, 0.25) is 0 Å². The van der Waals surface area contributed by atoms with Crippen molar-refractivity contribution >= 4 is 11.6 Å². The van der Waals surface area contributed by atoms with Gasteiger partial charge in [0, 0.05) is 43.6 Å². The molecule has 2 aromatic rings. The summed E-state index contributed by atoms with van der Waals surface area (Å²) < 4.78 is 40.8. The van der Waals surface area contributed by atoms with Crippen molar-refractivity contribution in [3.05, 3.63) is 29.2 Å². The van der Waals surface area contributed by atoms with Gasteiger partial charge in [-0.2, -0.15) is 18.3 Å². The summed E-state index contributed by atoms with van der Waals surface area (Å²) in [6.45, 7) is 4.99. The zero-order valence-electron chi connectivity index (χ0n) is 16.9.